The Bertz CT molecular complexity index is 548. The van der Waals surface area contributed by atoms with Crippen molar-refractivity contribution in [1.82, 2.24) is 9.80 Å². The Labute approximate surface area is 151 Å². The second-order valence-electron chi connectivity index (χ2n) is 7.05. The molecule has 0 aromatic heterocycles. The molecule has 5 nitrogen and oxygen atoms in total. The van der Waals surface area contributed by atoms with Crippen molar-refractivity contribution in [2.45, 2.75) is 32.1 Å². The van der Waals surface area contributed by atoms with Crippen LogP contribution in [0.15, 0.2) is 24.3 Å². The summed E-state index contributed by atoms with van der Waals surface area (Å²) >= 11 is 0. The number of benzene rings is 1. The third-order valence-electron chi connectivity index (χ3n) is 5.40. The van der Waals surface area contributed by atoms with Gasteiger partial charge in [0.1, 0.15) is 5.75 Å². The zero-order valence-electron chi connectivity index (χ0n) is 15.5. The molecule has 1 aromatic carbocycles. The Morgan fingerprint density at radius 2 is 1.64 bits per heavy atom. The summed E-state index contributed by atoms with van der Waals surface area (Å²) in [5.74, 6) is 1.22. The molecule has 2 saturated heterocycles. The molecule has 5 heteroatoms. The van der Waals surface area contributed by atoms with Crippen LogP contribution in [0.4, 0.5) is 5.69 Å². The number of para-hydroxylation sites is 2. The average Bonchev–Trinajstić information content (AvgIpc) is 2.95. The second kappa shape index (κ2) is 9.09. The van der Waals surface area contributed by atoms with Gasteiger partial charge in [-0.2, -0.15) is 0 Å². The van der Waals surface area contributed by atoms with Gasteiger partial charge in [0.05, 0.1) is 12.8 Å². The number of hydrogen-bond donors (Lipinski definition) is 0. The first kappa shape index (κ1) is 18.1. The van der Waals surface area contributed by atoms with Crippen molar-refractivity contribution in [1.29, 1.82) is 0 Å². The first-order valence-electron chi connectivity index (χ1n) is 9.66. The van der Waals surface area contributed by atoms with Gasteiger partial charge in [0.2, 0.25) is 5.91 Å². The molecule has 2 aliphatic heterocycles. The first-order chi connectivity index (χ1) is 12.3. The molecule has 2 aliphatic rings. The van der Waals surface area contributed by atoms with Crippen LogP contribution >= 0.6 is 0 Å². The van der Waals surface area contributed by atoms with Crippen LogP contribution in [0.25, 0.3) is 0 Å². The molecular weight excluding hydrogens is 314 g/mol. The van der Waals surface area contributed by atoms with Gasteiger partial charge >= 0.3 is 0 Å². The third kappa shape index (κ3) is 4.88. The summed E-state index contributed by atoms with van der Waals surface area (Å²) in [6, 6.07) is 8.12. The van der Waals surface area contributed by atoms with Crippen LogP contribution in [-0.4, -0.2) is 68.6 Å². The number of nitrogens with zero attached hydrogens (tertiary/aromatic N) is 3. The molecule has 0 saturated carbocycles. The number of likely N-dealkylation sites (tertiary alicyclic amines) is 1. The van der Waals surface area contributed by atoms with Gasteiger partial charge in [-0.25, -0.2) is 0 Å². The fourth-order valence-electron chi connectivity index (χ4n) is 3.86. The van der Waals surface area contributed by atoms with Crippen LogP contribution in [0.2, 0.25) is 0 Å². The quantitative estimate of drug-likeness (QED) is 0.822. The number of anilines is 1. The van der Waals surface area contributed by atoms with Crippen molar-refractivity contribution in [2.75, 3.05) is 57.8 Å². The highest BCUT2D eigenvalue weighted by Crippen LogP contribution is 2.28. The van der Waals surface area contributed by atoms with Crippen molar-refractivity contribution >= 4 is 11.6 Å². The fourth-order valence-corrected chi connectivity index (χ4v) is 3.86. The zero-order chi connectivity index (χ0) is 17.5. The molecule has 138 valence electrons. The minimum Gasteiger partial charge on any atom is -0.495 e. The lowest BCUT2D eigenvalue weighted by Crippen LogP contribution is -2.49. The second-order valence-corrected chi connectivity index (χ2v) is 7.05. The van der Waals surface area contributed by atoms with Crippen molar-refractivity contribution in [2.24, 2.45) is 0 Å². The predicted octanol–water partition coefficient (Wildman–Crippen LogP) is 2.61. The Balaban J connectivity index is 1.46. The van der Waals surface area contributed by atoms with Gasteiger partial charge < -0.3 is 19.4 Å². The normalized spacial score (nSPS) is 19.6. The van der Waals surface area contributed by atoms with Gasteiger partial charge in [-0.1, -0.05) is 25.0 Å². The van der Waals surface area contributed by atoms with Crippen LogP contribution in [-0.2, 0) is 4.79 Å². The van der Waals surface area contributed by atoms with Crippen molar-refractivity contribution < 1.29 is 9.53 Å². The molecule has 0 unspecified atom stereocenters. The number of carbonyl (C=O) groups excluding carboxylic acids is 1. The van der Waals surface area contributed by atoms with Crippen LogP contribution in [0.1, 0.15) is 32.1 Å². The number of ether oxygens (including phenoxy) is 1. The molecule has 1 amide bonds. The molecule has 3 rings (SSSR count). The molecule has 0 atom stereocenters. The highest BCUT2D eigenvalue weighted by molar-refractivity contribution is 5.76. The zero-order valence-corrected chi connectivity index (χ0v) is 15.5. The number of carbonyl (C=O) groups is 1. The minimum atomic E-state index is 0.309. The molecule has 2 heterocycles. The van der Waals surface area contributed by atoms with Crippen LogP contribution in [0, 0.1) is 0 Å². The van der Waals surface area contributed by atoms with Gasteiger partial charge in [0.25, 0.3) is 0 Å². The molecule has 2 fully saturated rings. The molecule has 0 bridgehead atoms. The van der Waals surface area contributed by atoms with E-state index in [0.717, 1.165) is 57.3 Å². The van der Waals surface area contributed by atoms with Crippen molar-refractivity contribution in [3.63, 3.8) is 0 Å². The lowest BCUT2D eigenvalue weighted by Gasteiger charge is -2.37. The Hall–Kier alpha value is -1.75. The molecule has 0 radical (unpaired) electrons. The fraction of sp³-hybridized carbons (Fsp3) is 0.650. The molecule has 0 aliphatic carbocycles. The van der Waals surface area contributed by atoms with E-state index in [1.807, 2.05) is 23.1 Å². The van der Waals surface area contributed by atoms with Crippen molar-refractivity contribution in [3.05, 3.63) is 24.3 Å². The highest BCUT2D eigenvalue weighted by Gasteiger charge is 2.23. The monoisotopic (exact) mass is 345 g/mol. The number of methoxy groups -OCH3 is 1. The minimum absolute atomic E-state index is 0.309. The van der Waals surface area contributed by atoms with E-state index in [-0.39, 0.29) is 0 Å². The summed E-state index contributed by atoms with van der Waals surface area (Å²) in [5, 5.41) is 0. The maximum absolute atomic E-state index is 12.5. The molecule has 1 aromatic rings. The van der Waals surface area contributed by atoms with Gasteiger partial charge in [-0.05, 0) is 38.1 Å². The summed E-state index contributed by atoms with van der Waals surface area (Å²) in [4.78, 5) is 19.4. The van der Waals surface area contributed by atoms with Crippen molar-refractivity contribution in [3.8, 4) is 5.75 Å². The van der Waals surface area contributed by atoms with Gasteiger partial charge in [-0.15, -0.1) is 0 Å². The van der Waals surface area contributed by atoms with Crippen LogP contribution in [0.3, 0.4) is 0 Å². The number of piperazine rings is 1. The standard InChI is InChI=1S/C20H31N3O2/c1-25-19-9-5-4-8-18(19)22-14-16-23(17-15-22)20(24)10-13-21-11-6-2-3-7-12-21/h4-5,8-9H,2-3,6-7,10-17H2,1H3. The maximum atomic E-state index is 12.5. The Morgan fingerprint density at radius 3 is 2.32 bits per heavy atom. The van der Waals surface area contributed by atoms with E-state index in [4.69, 9.17) is 4.74 Å². The van der Waals surface area contributed by atoms with Gasteiger partial charge in [-0.3, -0.25) is 4.79 Å². The number of amides is 1. The lowest BCUT2D eigenvalue weighted by molar-refractivity contribution is -0.131. The highest BCUT2D eigenvalue weighted by atomic mass is 16.5. The summed E-state index contributed by atoms with van der Waals surface area (Å²) < 4.78 is 5.46. The van der Waals surface area contributed by atoms with E-state index < -0.39 is 0 Å². The van der Waals surface area contributed by atoms with E-state index in [9.17, 15) is 4.79 Å². The maximum Gasteiger partial charge on any atom is 0.223 e. The largest absolute Gasteiger partial charge is 0.495 e. The summed E-state index contributed by atoms with van der Waals surface area (Å²) in [7, 11) is 1.71. The lowest BCUT2D eigenvalue weighted by atomic mass is 10.2. The molecule has 0 spiro atoms. The SMILES string of the molecule is COc1ccccc1N1CCN(C(=O)CCN2CCCCCC2)CC1. The van der Waals surface area contributed by atoms with E-state index in [0.29, 0.717) is 12.3 Å². The first-order valence-corrected chi connectivity index (χ1v) is 9.66. The third-order valence-corrected chi connectivity index (χ3v) is 5.40. The molecular formula is C20H31N3O2. The van der Waals surface area contributed by atoms with E-state index in [1.165, 1.54) is 25.7 Å². The Morgan fingerprint density at radius 1 is 0.960 bits per heavy atom. The van der Waals surface area contributed by atoms with E-state index in [2.05, 4.69) is 15.9 Å². The summed E-state index contributed by atoms with van der Waals surface area (Å²) in [5.41, 5.74) is 1.13. The van der Waals surface area contributed by atoms with Gasteiger partial charge in [0.15, 0.2) is 0 Å². The molecule has 25 heavy (non-hydrogen) atoms. The molecule has 0 N–H and O–H groups in total. The number of rotatable bonds is 5. The smallest absolute Gasteiger partial charge is 0.223 e. The summed E-state index contributed by atoms with van der Waals surface area (Å²) in [6.45, 7) is 6.59. The average molecular weight is 345 g/mol. The van der Waals surface area contributed by atoms with Gasteiger partial charge in [0, 0.05) is 39.1 Å². The van der Waals surface area contributed by atoms with E-state index >= 15 is 0 Å². The number of hydrogen-bond acceptors (Lipinski definition) is 4. The van der Waals surface area contributed by atoms with Crippen LogP contribution < -0.4 is 9.64 Å². The summed E-state index contributed by atoms with van der Waals surface area (Å²) in [6.07, 6.45) is 5.91. The van der Waals surface area contributed by atoms with E-state index in [1.54, 1.807) is 7.11 Å². The predicted molar refractivity (Wildman–Crippen MR) is 101 cm³/mol. The Kier molecular flexibility index (Phi) is 6.56. The van der Waals surface area contributed by atoms with Crippen LogP contribution in [0.5, 0.6) is 5.75 Å². The topological polar surface area (TPSA) is 36.0 Å².